The standard InChI is InChI=1S/C18H23N/c1-15(17-9-5-3-6-10-17)13-19-14-16(2)18-11-7-4-8-12-18/h3-12,15-16,19H,13-14H2,1-2H3/t15-,16+. The molecule has 19 heavy (non-hydrogen) atoms. The van der Waals surface area contributed by atoms with Crippen molar-refractivity contribution < 1.29 is 0 Å². The van der Waals surface area contributed by atoms with Crippen molar-refractivity contribution >= 4 is 0 Å². The van der Waals surface area contributed by atoms with Crippen molar-refractivity contribution in [3.63, 3.8) is 0 Å². The van der Waals surface area contributed by atoms with Crippen LogP contribution < -0.4 is 5.32 Å². The largest absolute Gasteiger partial charge is 0.316 e. The number of hydrogen-bond donors (Lipinski definition) is 1. The molecule has 0 aliphatic heterocycles. The molecule has 100 valence electrons. The minimum absolute atomic E-state index is 0.559. The minimum atomic E-state index is 0.559. The third kappa shape index (κ3) is 4.22. The molecule has 0 heterocycles. The summed E-state index contributed by atoms with van der Waals surface area (Å²) in [4.78, 5) is 0. The molecule has 2 aromatic carbocycles. The Kier molecular flexibility index (Phi) is 5.17. The molecule has 0 saturated carbocycles. The van der Waals surface area contributed by atoms with Crippen LogP contribution in [-0.2, 0) is 0 Å². The van der Waals surface area contributed by atoms with Crippen molar-refractivity contribution in [1.82, 2.24) is 5.32 Å². The van der Waals surface area contributed by atoms with Gasteiger partial charge in [0.1, 0.15) is 0 Å². The van der Waals surface area contributed by atoms with Gasteiger partial charge in [0.2, 0.25) is 0 Å². The maximum Gasteiger partial charge on any atom is 0.00177 e. The summed E-state index contributed by atoms with van der Waals surface area (Å²) in [5.41, 5.74) is 2.81. The molecule has 1 N–H and O–H groups in total. The summed E-state index contributed by atoms with van der Waals surface area (Å²) in [5, 5.41) is 3.58. The van der Waals surface area contributed by atoms with Crippen molar-refractivity contribution in [2.24, 2.45) is 0 Å². The second kappa shape index (κ2) is 7.10. The molecule has 1 heteroatoms. The Balaban J connectivity index is 1.78. The lowest BCUT2D eigenvalue weighted by atomic mass is 9.99. The van der Waals surface area contributed by atoms with Crippen LogP contribution >= 0.6 is 0 Å². The van der Waals surface area contributed by atoms with Gasteiger partial charge in [-0.15, -0.1) is 0 Å². The van der Waals surface area contributed by atoms with Crippen LogP contribution in [0, 0.1) is 0 Å². The van der Waals surface area contributed by atoms with Gasteiger partial charge in [0.15, 0.2) is 0 Å². The number of benzene rings is 2. The molecule has 2 rings (SSSR count). The molecule has 0 unspecified atom stereocenters. The monoisotopic (exact) mass is 253 g/mol. The maximum atomic E-state index is 3.58. The molecule has 0 spiro atoms. The maximum absolute atomic E-state index is 3.58. The van der Waals surface area contributed by atoms with Crippen LogP contribution in [0.5, 0.6) is 0 Å². The van der Waals surface area contributed by atoms with Crippen molar-refractivity contribution in [3.8, 4) is 0 Å². The van der Waals surface area contributed by atoms with E-state index < -0.39 is 0 Å². The summed E-state index contributed by atoms with van der Waals surface area (Å²) < 4.78 is 0. The van der Waals surface area contributed by atoms with Crippen molar-refractivity contribution in [1.29, 1.82) is 0 Å². The van der Waals surface area contributed by atoms with E-state index in [0.29, 0.717) is 11.8 Å². The molecule has 2 atom stereocenters. The zero-order chi connectivity index (χ0) is 13.5. The van der Waals surface area contributed by atoms with Gasteiger partial charge in [-0.05, 0) is 23.0 Å². The van der Waals surface area contributed by atoms with Gasteiger partial charge in [0, 0.05) is 13.1 Å². The summed E-state index contributed by atoms with van der Waals surface area (Å²) in [6, 6.07) is 21.4. The summed E-state index contributed by atoms with van der Waals surface area (Å²) in [5.74, 6) is 1.12. The number of rotatable bonds is 6. The lowest BCUT2D eigenvalue weighted by Crippen LogP contribution is -2.24. The zero-order valence-corrected chi connectivity index (χ0v) is 11.8. The SMILES string of the molecule is C[C@H](CNC[C@H](C)c1ccccc1)c1ccccc1. The minimum Gasteiger partial charge on any atom is -0.316 e. The number of hydrogen-bond acceptors (Lipinski definition) is 1. The Bertz CT molecular complexity index is 418. The van der Waals surface area contributed by atoms with Gasteiger partial charge in [-0.1, -0.05) is 74.5 Å². The first kappa shape index (κ1) is 13.8. The van der Waals surface area contributed by atoms with Crippen LogP contribution in [0.4, 0.5) is 0 Å². The van der Waals surface area contributed by atoms with E-state index in [2.05, 4.69) is 79.8 Å². The molecule has 1 nitrogen and oxygen atoms in total. The van der Waals surface area contributed by atoms with E-state index in [-0.39, 0.29) is 0 Å². The highest BCUT2D eigenvalue weighted by Gasteiger charge is 2.07. The van der Waals surface area contributed by atoms with Gasteiger partial charge in [-0.2, -0.15) is 0 Å². The Morgan fingerprint density at radius 1 is 0.684 bits per heavy atom. The first-order valence-corrected chi connectivity index (χ1v) is 7.08. The zero-order valence-electron chi connectivity index (χ0n) is 11.8. The second-order valence-corrected chi connectivity index (χ2v) is 5.28. The predicted molar refractivity (Wildman–Crippen MR) is 82.6 cm³/mol. The molecular weight excluding hydrogens is 230 g/mol. The van der Waals surface area contributed by atoms with Crippen LogP contribution in [0.3, 0.4) is 0 Å². The van der Waals surface area contributed by atoms with Crippen molar-refractivity contribution in [2.75, 3.05) is 13.1 Å². The van der Waals surface area contributed by atoms with Gasteiger partial charge in [0.05, 0.1) is 0 Å². The number of nitrogens with one attached hydrogen (secondary N) is 1. The molecule has 0 saturated heterocycles. The third-order valence-electron chi connectivity index (χ3n) is 3.64. The van der Waals surface area contributed by atoms with Crippen LogP contribution in [0.1, 0.15) is 36.8 Å². The van der Waals surface area contributed by atoms with Gasteiger partial charge in [-0.3, -0.25) is 0 Å². The average molecular weight is 253 g/mol. The molecule has 2 aromatic rings. The van der Waals surface area contributed by atoms with Crippen molar-refractivity contribution in [3.05, 3.63) is 71.8 Å². The van der Waals surface area contributed by atoms with Gasteiger partial charge in [0.25, 0.3) is 0 Å². The van der Waals surface area contributed by atoms with Gasteiger partial charge in [-0.25, -0.2) is 0 Å². The smallest absolute Gasteiger partial charge is 0.00177 e. The van der Waals surface area contributed by atoms with E-state index in [9.17, 15) is 0 Å². The van der Waals surface area contributed by atoms with Crippen LogP contribution in [-0.4, -0.2) is 13.1 Å². The van der Waals surface area contributed by atoms with E-state index in [1.54, 1.807) is 0 Å². The fourth-order valence-electron chi connectivity index (χ4n) is 2.32. The van der Waals surface area contributed by atoms with E-state index >= 15 is 0 Å². The van der Waals surface area contributed by atoms with E-state index in [1.807, 2.05) is 0 Å². The molecule has 0 amide bonds. The second-order valence-electron chi connectivity index (χ2n) is 5.28. The molecule has 0 aliphatic rings. The van der Waals surface area contributed by atoms with E-state index in [4.69, 9.17) is 0 Å². The molecule has 0 aromatic heterocycles. The quantitative estimate of drug-likeness (QED) is 0.814. The summed E-state index contributed by atoms with van der Waals surface area (Å²) in [7, 11) is 0. The molecular formula is C18H23N. The summed E-state index contributed by atoms with van der Waals surface area (Å²) >= 11 is 0. The molecule has 0 fully saturated rings. The Morgan fingerprint density at radius 2 is 1.05 bits per heavy atom. The van der Waals surface area contributed by atoms with Crippen LogP contribution in [0.25, 0.3) is 0 Å². The highest BCUT2D eigenvalue weighted by atomic mass is 14.9. The topological polar surface area (TPSA) is 12.0 Å². The fourth-order valence-corrected chi connectivity index (χ4v) is 2.32. The van der Waals surface area contributed by atoms with E-state index in [0.717, 1.165) is 13.1 Å². The van der Waals surface area contributed by atoms with Crippen molar-refractivity contribution in [2.45, 2.75) is 25.7 Å². The van der Waals surface area contributed by atoms with Crippen LogP contribution in [0.2, 0.25) is 0 Å². The lowest BCUT2D eigenvalue weighted by molar-refractivity contribution is 0.574. The normalized spacial score (nSPS) is 14.0. The Hall–Kier alpha value is -1.60. The molecule has 0 radical (unpaired) electrons. The summed E-state index contributed by atoms with van der Waals surface area (Å²) in [6.07, 6.45) is 0. The van der Waals surface area contributed by atoms with E-state index in [1.165, 1.54) is 11.1 Å². The molecule has 0 bridgehead atoms. The average Bonchev–Trinajstić information content (AvgIpc) is 2.49. The highest BCUT2D eigenvalue weighted by molar-refractivity contribution is 5.20. The summed E-state index contributed by atoms with van der Waals surface area (Å²) in [6.45, 7) is 6.60. The first-order valence-electron chi connectivity index (χ1n) is 7.08. The Labute approximate surface area is 116 Å². The lowest BCUT2D eigenvalue weighted by Gasteiger charge is -2.16. The highest BCUT2D eigenvalue weighted by Crippen LogP contribution is 2.15. The Morgan fingerprint density at radius 3 is 1.42 bits per heavy atom. The predicted octanol–water partition coefficient (Wildman–Crippen LogP) is 4.18. The molecule has 0 aliphatic carbocycles. The van der Waals surface area contributed by atoms with Gasteiger partial charge >= 0.3 is 0 Å². The third-order valence-corrected chi connectivity index (χ3v) is 3.64. The van der Waals surface area contributed by atoms with Crippen LogP contribution in [0.15, 0.2) is 60.7 Å². The fraction of sp³-hybridized carbons (Fsp3) is 0.333. The van der Waals surface area contributed by atoms with Gasteiger partial charge < -0.3 is 5.32 Å². The first-order chi connectivity index (χ1) is 9.27.